The van der Waals surface area contributed by atoms with Crippen LogP contribution in [-0.4, -0.2) is 48.2 Å². The molecule has 1 aliphatic heterocycles. The SMILES string of the molecule is CN1CCC(N(C)c2[c]cnc3ccc(-c4cc(F)c(O)c(Cl)c4)cc23)CC1. The van der Waals surface area contributed by atoms with E-state index in [0.717, 1.165) is 48.1 Å². The number of aromatic hydroxyl groups is 1. The van der Waals surface area contributed by atoms with Crippen molar-refractivity contribution in [3.8, 4) is 16.9 Å². The van der Waals surface area contributed by atoms with Gasteiger partial charge in [0.05, 0.1) is 16.2 Å². The average molecular weight is 399 g/mol. The molecule has 2 heterocycles. The number of phenolic OH excluding ortho intramolecular Hbond substituents is 1. The molecule has 0 bridgehead atoms. The van der Waals surface area contributed by atoms with Gasteiger partial charge in [-0.1, -0.05) is 17.7 Å². The van der Waals surface area contributed by atoms with E-state index in [0.29, 0.717) is 11.6 Å². The molecule has 2 aromatic carbocycles. The number of anilines is 1. The van der Waals surface area contributed by atoms with E-state index >= 15 is 0 Å². The van der Waals surface area contributed by atoms with Gasteiger partial charge in [-0.05, 0) is 68.4 Å². The van der Waals surface area contributed by atoms with Gasteiger partial charge >= 0.3 is 0 Å². The van der Waals surface area contributed by atoms with Crippen molar-refractivity contribution in [2.75, 3.05) is 32.1 Å². The van der Waals surface area contributed by atoms with Crippen LogP contribution in [0.2, 0.25) is 5.02 Å². The first kappa shape index (κ1) is 19.0. The van der Waals surface area contributed by atoms with Gasteiger partial charge in [0, 0.05) is 30.7 Å². The molecule has 0 saturated carbocycles. The van der Waals surface area contributed by atoms with Crippen LogP contribution < -0.4 is 4.90 Å². The lowest BCUT2D eigenvalue weighted by molar-refractivity contribution is 0.253. The lowest BCUT2D eigenvalue weighted by Crippen LogP contribution is -2.42. The van der Waals surface area contributed by atoms with E-state index in [1.54, 1.807) is 12.3 Å². The van der Waals surface area contributed by atoms with Crippen molar-refractivity contribution in [2.45, 2.75) is 18.9 Å². The van der Waals surface area contributed by atoms with Crippen LogP contribution in [0.4, 0.5) is 10.1 Å². The monoisotopic (exact) mass is 398 g/mol. The minimum atomic E-state index is -0.732. The van der Waals surface area contributed by atoms with E-state index in [1.165, 1.54) is 6.07 Å². The van der Waals surface area contributed by atoms with E-state index in [-0.39, 0.29) is 5.02 Å². The summed E-state index contributed by atoms with van der Waals surface area (Å²) < 4.78 is 14.0. The molecule has 1 radical (unpaired) electrons. The third kappa shape index (κ3) is 3.52. The van der Waals surface area contributed by atoms with Crippen molar-refractivity contribution < 1.29 is 9.50 Å². The van der Waals surface area contributed by atoms with Crippen molar-refractivity contribution >= 4 is 28.2 Å². The second kappa shape index (κ2) is 7.57. The summed E-state index contributed by atoms with van der Waals surface area (Å²) in [4.78, 5) is 9.06. The van der Waals surface area contributed by atoms with Crippen LogP contribution in [0.5, 0.6) is 5.75 Å². The maximum Gasteiger partial charge on any atom is 0.170 e. The summed E-state index contributed by atoms with van der Waals surface area (Å²) >= 11 is 5.96. The fourth-order valence-electron chi connectivity index (χ4n) is 3.85. The summed E-state index contributed by atoms with van der Waals surface area (Å²) in [5, 5.41) is 10.6. The summed E-state index contributed by atoms with van der Waals surface area (Å²) in [5.41, 5.74) is 3.28. The Morgan fingerprint density at radius 2 is 1.96 bits per heavy atom. The number of hydrogen-bond acceptors (Lipinski definition) is 4. The summed E-state index contributed by atoms with van der Waals surface area (Å²) in [7, 11) is 4.25. The van der Waals surface area contributed by atoms with Crippen molar-refractivity contribution in [2.24, 2.45) is 0 Å². The Labute approximate surface area is 169 Å². The van der Waals surface area contributed by atoms with Crippen LogP contribution in [-0.2, 0) is 0 Å². The number of halogens is 2. The van der Waals surface area contributed by atoms with Crippen molar-refractivity contribution in [3.05, 3.63) is 53.4 Å². The predicted molar refractivity (Wildman–Crippen MR) is 112 cm³/mol. The van der Waals surface area contributed by atoms with Gasteiger partial charge < -0.3 is 14.9 Å². The van der Waals surface area contributed by atoms with Crippen LogP contribution in [0.15, 0.2) is 36.5 Å². The fraction of sp³-hybridized carbons (Fsp3) is 0.318. The molecule has 1 aliphatic rings. The normalized spacial score (nSPS) is 15.9. The summed E-state index contributed by atoms with van der Waals surface area (Å²) in [6.45, 7) is 2.16. The number of aromatic nitrogens is 1. The molecule has 28 heavy (non-hydrogen) atoms. The van der Waals surface area contributed by atoms with Crippen molar-refractivity contribution in [3.63, 3.8) is 0 Å². The van der Waals surface area contributed by atoms with Crippen LogP contribution in [0, 0.1) is 11.9 Å². The smallest absolute Gasteiger partial charge is 0.170 e. The maximum absolute atomic E-state index is 14.0. The first-order valence-corrected chi connectivity index (χ1v) is 9.72. The second-order valence-corrected chi connectivity index (χ2v) is 7.82. The molecule has 0 aliphatic carbocycles. The highest BCUT2D eigenvalue weighted by Crippen LogP contribution is 2.35. The van der Waals surface area contributed by atoms with Crippen LogP contribution in [0.3, 0.4) is 0 Å². The van der Waals surface area contributed by atoms with E-state index in [4.69, 9.17) is 11.6 Å². The van der Waals surface area contributed by atoms with Gasteiger partial charge in [-0.2, -0.15) is 0 Å². The number of hydrogen-bond donors (Lipinski definition) is 1. The van der Waals surface area contributed by atoms with Crippen molar-refractivity contribution in [1.29, 1.82) is 0 Å². The molecule has 145 valence electrons. The van der Waals surface area contributed by atoms with E-state index in [9.17, 15) is 9.50 Å². The number of benzene rings is 2. The van der Waals surface area contributed by atoms with Gasteiger partial charge in [0.25, 0.3) is 0 Å². The Kier molecular flexibility index (Phi) is 5.13. The molecule has 0 amide bonds. The molecule has 3 aromatic rings. The molecule has 4 rings (SSSR count). The van der Waals surface area contributed by atoms with Crippen LogP contribution >= 0.6 is 11.6 Å². The molecular formula is C22H22ClFN3O. The zero-order valence-electron chi connectivity index (χ0n) is 15.9. The third-order valence-corrected chi connectivity index (χ3v) is 5.88. The van der Waals surface area contributed by atoms with Gasteiger partial charge in [0.1, 0.15) is 0 Å². The summed E-state index contributed by atoms with van der Waals surface area (Å²) in [5.74, 6) is -1.26. The lowest BCUT2D eigenvalue weighted by atomic mass is 10.00. The van der Waals surface area contributed by atoms with Crippen LogP contribution in [0.1, 0.15) is 12.8 Å². The molecule has 0 spiro atoms. The second-order valence-electron chi connectivity index (χ2n) is 7.42. The predicted octanol–water partition coefficient (Wildman–Crippen LogP) is 4.73. The number of rotatable bonds is 3. The van der Waals surface area contributed by atoms with Gasteiger partial charge in [0.2, 0.25) is 0 Å². The summed E-state index contributed by atoms with van der Waals surface area (Å²) in [6.07, 6.45) is 3.91. The largest absolute Gasteiger partial charge is 0.504 e. The highest BCUT2D eigenvalue weighted by molar-refractivity contribution is 6.32. The topological polar surface area (TPSA) is 39.6 Å². The quantitative estimate of drug-likeness (QED) is 0.692. The first-order chi connectivity index (χ1) is 13.4. The standard InChI is InChI=1S/C22H22ClFN3O/c1-26-9-6-16(7-10-26)27(2)21-5-8-25-20-4-3-14(11-17(20)21)15-12-18(23)22(28)19(24)13-15/h3-4,8,11-13,16,28H,6-7,9-10H2,1-2H3. The first-order valence-electron chi connectivity index (χ1n) is 9.34. The number of piperidine rings is 1. The molecule has 1 aromatic heterocycles. The minimum Gasteiger partial charge on any atom is -0.504 e. The number of pyridine rings is 1. The number of likely N-dealkylation sites (tertiary alicyclic amines) is 1. The summed E-state index contributed by atoms with van der Waals surface area (Å²) in [6, 6.07) is 12.4. The molecule has 1 N–H and O–H groups in total. The highest BCUT2D eigenvalue weighted by Gasteiger charge is 2.22. The molecule has 0 unspecified atom stereocenters. The fourth-order valence-corrected chi connectivity index (χ4v) is 4.06. The molecule has 1 fully saturated rings. The Bertz CT molecular complexity index is 995. The number of fused-ring (bicyclic) bond motifs is 1. The highest BCUT2D eigenvalue weighted by atomic mass is 35.5. The zero-order valence-corrected chi connectivity index (χ0v) is 16.7. The zero-order chi connectivity index (χ0) is 19.8. The van der Waals surface area contributed by atoms with E-state index < -0.39 is 11.6 Å². The molecular weight excluding hydrogens is 377 g/mol. The molecule has 4 nitrogen and oxygen atoms in total. The maximum atomic E-state index is 14.0. The molecule has 0 atom stereocenters. The van der Waals surface area contributed by atoms with Gasteiger partial charge in [-0.25, -0.2) is 4.39 Å². The Morgan fingerprint density at radius 1 is 1.21 bits per heavy atom. The number of phenols is 1. The van der Waals surface area contributed by atoms with Crippen LogP contribution in [0.25, 0.3) is 22.0 Å². The van der Waals surface area contributed by atoms with Gasteiger partial charge in [0.15, 0.2) is 11.6 Å². The number of nitrogens with zero attached hydrogens (tertiary/aromatic N) is 3. The van der Waals surface area contributed by atoms with E-state index in [1.807, 2.05) is 18.2 Å². The van der Waals surface area contributed by atoms with Crippen molar-refractivity contribution in [1.82, 2.24) is 9.88 Å². The Hall–Kier alpha value is -2.37. The van der Waals surface area contributed by atoms with E-state index in [2.05, 4.69) is 34.9 Å². The third-order valence-electron chi connectivity index (χ3n) is 5.60. The molecule has 1 saturated heterocycles. The lowest BCUT2D eigenvalue weighted by Gasteiger charge is -2.36. The minimum absolute atomic E-state index is 0.00323. The Balaban J connectivity index is 1.76. The van der Waals surface area contributed by atoms with Gasteiger partial charge in [-0.15, -0.1) is 0 Å². The Morgan fingerprint density at radius 3 is 2.68 bits per heavy atom. The molecule has 6 heteroatoms. The van der Waals surface area contributed by atoms with Gasteiger partial charge in [-0.3, -0.25) is 4.98 Å². The average Bonchev–Trinajstić information content (AvgIpc) is 2.71.